The van der Waals surface area contributed by atoms with Crippen LogP contribution in [0.1, 0.15) is 22.6 Å². The van der Waals surface area contributed by atoms with E-state index >= 15 is 0 Å². The number of nitrogens with one attached hydrogen (secondary N) is 2. The molecule has 0 radical (unpaired) electrons. The minimum atomic E-state index is -0.703. The van der Waals surface area contributed by atoms with Crippen molar-refractivity contribution in [3.63, 3.8) is 0 Å². The van der Waals surface area contributed by atoms with Crippen LogP contribution in [0.15, 0.2) is 40.8 Å². The summed E-state index contributed by atoms with van der Waals surface area (Å²) in [5.41, 5.74) is 7.35. The lowest BCUT2D eigenvalue weighted by molar-refractivity contribution is 0.397. The number of nitriles is 2. The molecule has 4 heterocycles. The molecule has 9 heteroatoms. The highest BCUT2D eigenvalue weighted by atomic mass is 32.1. The van der Waals surface area contributed by atoms with Crippen molar-refractivity contribution < 1.29 is 4.74 Å². The van der Waals surface area contributed by atoms with Gasteiger partial charge >= 0.3 is 0 Å². The Labute approximate surface area is 157 Å². The third-order valence-corrected chi connectivity index (χ3v) is 5.58. The molecule has 0 fully saturated rings. The molecule has 1 atom stereocenters. The van der Waals surface area contributed by atoms with Crippen molar-refractivity contribution in [3.05, 3.63) is 63.0 Å². The van der Waals surface area contributed by atoms with Gasteiger partial charge in [-0.3, -0.25) is 9.78 Å². The third kappa shape index (κ3) is 2.34. The summed E-state index contributed by atoms with van der Waals surface area (Å²) in [5, 5.41) is 22.6. The molecule has 0 saturated carbocycles. The zero-order valence-corrected chi connectivity index (χ0v) is 14.8. The number of allylic oxidation sites excluding steroid dienone is 1. The molecule has 27 heavy (non-hydrogen) atoms. The van der Waals surface area contributed by atoms with Crippen molar-refractivity contribution in [3.8, 4) is 17.9 Å². The number of ether oxygens (including phenoxy) is 1. The molecule has 3 aromatic rings. The van der Waals surface area contributed by atoms with Crippen LogP contribution in [-0.2, 0) is 0 Å². The molecule has 1 aliphatic heterocycles. The largest absolute Gasteiger partial charge is 0.438 e. The predicted molar refractivity (Wildman–Crippen MR) is 100 cm³/mol. The van der Waals surface area contributed by atoms with Crippen LogP contribution in [-0.4, -0.2) is 17.0 Å². The van der Waals surface area contributed by atoms with Crippen molar-refractivity contribution in [2.45, 2.75) is 5.92 Å². The van der Waals surface area contributed by atoms with Crippen molar-refractivity contribution in [2.75, 3.05) is 12.4 Å². The lowest BCUT2D eigenvalue weighted by Gasteiger charge is -2.25. The Morgan fingerprint density at radius 2 is 2.22 bits per heavy atom. The zero-order chi connectivity index (χ0) is 19.1. The first-order chi connectivity index (χ1) is 13.1. The van der Waals surface area contributed by atoms with Crippen LogP contribution in [0, 0.1) is 22.7 Å². The summed E-state index contributed by atoms with van der Waals surface area (Å²) in [7, 11) is 1.69. The Morgan fingerprint density at radius 1 is 1.41 bits per heavy atom. The van der Waals surface area contributed by atoms with E-state index in [1.165, 1.54) is 11.3 Å². The van der Waals surface area contributed by atoms with Crippen molar-refractivity contribution >= 4 is 26.6 Å². The van der Waals surface area contributed by atoms with E-state index in [4.69, 9.17) is 10.5 Å². The molecule has 8 nitrogen and oxygen atoms in total. The van der Waals surface area contributed by atoms with Crippen LogP contribution in [0.5, 0.6) is 5.75 Å². The summed E-state index contributed by atoms with van der Waals surface area (Å²) in [6, 6.07) is 7.63. The van der Waals surface area contributed by atoms with Gasteiger partial charge in [0.2, 0.25) is 5.88 Å². The maximum absolute atomic E-state index is 12.9. The summed E-state index contributed by atoms with van der Waals surface area (Å²) >= 11 is 1.27. The van der Waals surface area contributed by atoms with Gasteiger partial charge in [0.05, 0.1) is 21.7 Å². The lowest BCUT2D eigenvalue weighted by atomic mass is 9.85. The first kappa shape index (κ1) is 16.6. The van der Waals surface area contributed by atoms with E-state index in [-0.39, 0.29) is 22.8 Å². The molecular formula is C18H12N6O2S. The number of H-pyrrole nitrogens is 1. The summed E-state index contributed by atoms with van der Waals surface area (Å²) < 4.78 is 6.29. The average Bonchev–Trinajstić information content (AvgIpc) is 3.05. The Morgan fingerprint density at radius 3 is 2.85 bits per heavy atom. The molecule has 1 aliphatic rings. The van der Waals surface area contributed by atoms with Crippen LogP contribution >= 0.6 is 11.3 Å². The van der Waals surface area contributed by atoms with Gasteiger partial charge in [0, 0.05) is 19.4 Å². The Balaban J connectivity index is 2.11. The Bertz CT molecular complexity index is 1240. The molecule has 4 rings (SSSR count). The maximum Gasteiger partial charge on any atom is 0.256 e. The van der Waals surface area contributed by atoms with E-state index < -0.39 is 11.5 Å². The maximum atomic E-state index is 12.9. The van der Waals surface area contributed by atoms with Crippen LogP contribution in [0.4, 0.5) is 5.00 Å². The van der Waals surface area contributed by atoms with E-state index in [0.29, 0.717) is 26.3 Å². The van der Waals surface area contributed by atoms with Crippen LogP contribution < -0.4 is 21.3 Å². The topological polar surface area (TPSA) is 141 Å². The molecule has 4 N–H and O–H groups in total. The average molecular weight is 376 g/mol. The van der Waals surface area contributed by atoms with Crippen molar-refractivity contribution in [2.24, 2.45) is 5.73 Å². The number of fused-ring (bicyclic) bond motifs is 3. The zero-order valence-electron chi connectivity index (χ0n) is 14.0. The first-order valence-corrected chi connectivity index (χ1v) is 8.70. The summed E-state index contributed by atoms with van der Waals surface area (Å²) in [6.07, 6.45) is 3.19. The number of nitrogens with two attached hydrogens (primary N) is 1. The molecule has 0 amide bonds. The lowest BCUT2D eigenvalue weighted by Crippen LogP contribution is -2.27. The second-order valence-electron chi connectivity index (χ2n) is 5.78. The Kier molecular flexibility index (Phi) is 3.80. The number of rotatable bonds is 2. The van der Waals surface area contributed by atoms with Crippen LogP contribution in [0.3, 0.4) is 0 Å². The summed E-state index contributed by atoms with van der Waals surface area (Å²) in [4.78, 5) is 19.8. The highest BCUT2D eigenvalue weighted by molar-refractivity contribution is 7.23. The Hall–Kier alpha value is -3.82. The highest BCUT2D eigenvalue weighted by Crippen LogP contribution is 2.47. The smallest absolute Gasteiger partial charge is 0.256 e. The van der Waals surface area contributed by atoms with Gasteiger partial charge < -0.3 is 20.8 Å². The van der Waals surface area contributed by atoms with Gasteiger partial charge in [0.1, 0.15) is 28.3 Å². The number of nitrogens with zero attached hydrogens (tertiary/aromatic N) is 3. The number of anilines is 1. The fourth-order valence-corrected chi connectivity index (χ4v) is 4.27. The second kappa shape index (κ2) is 6.16. The molecule has 3 aromatic heterocycles. The fraction of sp³-hybridized carbons (Fsp3) is 0.111. The molecule has 0 aliphatic carbocycles. The van der Waals surface area contributed by atoms with Crippen molar-refractivity contribution in [1.82, 2.24) is 9.97 Å². The SMILES string of the molecule is CNc1sc2c3c(c(=O)[nH]c2c1C#N)C(c1cccnc1)C(C#N)=C(N)O3. The number of hydrogen-bond acceptors (Lipinski definition) is 8. The predicted octanol–water partition coefficient (Wildman–Crippen LogP) is 2.12. The van der Waals surface area contributed by atoms with E-state index in [0.717, 1.165) is 0 Å². The van der Waals surface area contributed by atoms with Crippen LogP contribution in [0.2, 0.25) is 0 Å². The van der Waals surface area contributed by atoms with Gasteiger partial charge in [-0.25, -0.2) is 0 Å². The number of aromatic nitrogens is 2. The number of aromatic amines is 1. The standard InChI is InChI=1S/C18H12N6O2S/c1-22-18-10(6-20)13-15(27-18)14-12(17(25)24-13)11(8-3-2-4-23-7-8)9(5-19)16(21)26-14/h2-4,7,11,22H,21H2,1H3,(H,24,25). The van der Waals surface area contributed by atoms with E-state index in [2.05, 4.69) is 21.4 Å². The first-order valence-electron chi connectivity index (χ1n) is 7.88. The van der Waals surface area contributed by atoms with E-state index in [1.54, 1.807) is 31.6 Å². The molecule has 1 unspecified atom stereocenters. The third-order valence-electron chi connectivity index (χ3n) is 4.37. The minimum Gasteiger partial charge on any atom is -0.438 e. The van der Waals surface area contributed by atoms with Gasteiger partial charge in [-0.2, -0.15) is 10.5 Å². The normalized spacial score (nSPS) is 15.6. The molecule has 0 aromatic carbocycles. The van der Waals surface area contributed by atoms with Gasteiger partial charge in [-0.05, 0) is 11.6 Å². The second-order valence-corrected chi connectivity index (χ2v) is 6.80. The molecular weight excluding hydrogens is 364 g/mol. The summed E-state index contributed by atoms with van der Waals surface area (Å²) in [6.45, 7) is 0. The number of hydrogen-bond donors (Lipinski definition) is 3. The minimum absolute atomic E-state index is 0.0660. The highest BCUT2D eigenvalue weighted by Gasteiger charge is 2.35. The molecule has 0 saturated heterocycles. The summed E-state index contributed by atoms with van der Waals surface area (Å²) in [5.74, 6) is -0.503. The van der Waals surface area contributed by atoms with Gasteiger partial charge in [-0.1, -0.05) is 6.07 Å². The molecule has 132 valence electrons. The number of thiophene rings is 1. The molecule has 0 spiro atoms. The van der Waals surface area contributed by atoms with E-state index in [1.807, 2.05) is 6.07 Å². The van der Waals surface area contributed by atoms with Crippen molar-refractivity contribution in [1.29, 1.82) is 10.5 Å². The number of pyridine rings is 2. The fourth-order valence-electron chi connectivity index (χ4n) is 3.21. The van der Waals surface area contributed by atoms with E-state index in [9.17, 15) is 15.3 Å². The monoisotopic (exact) mass is 376 g/mol. The van der Waals surface area contributed by atoms with Gasteiger partial charge in [0.25, 0.3) is 5.56 Å². The van der Waals surface area contributed by atoms with Gasteiger partial charge in [0.15, 0.2) is 5.75 Å². The van der Waals surface area contributed by atoms with Gasteiger partial charge in [-0.15, -0.1) is 11.3 Å². The quantitative estimate of drug-likeness (QED) is 0.622. The molecule has 0 bridgehead atoms. The van der Waals surface area contributed by atoms with Crippen LogP contribution in [0.25, 0.3) is 10.2 Å².